The first kappa shape index (κ1) is 22.2. The number of carbonyl (C=O) groups excluding carboxylic acids is 2. The van der Waals surface area contributed by atoms with Crippen molar-refractivity contribution in [1.82, 2.24) is 35.5 Å². The number of pyridine rings is 2. The summed E-state index contributed by atoms with van der Waals surface area (Å²) in [4.78, 5) is 41.2. The third-order valence-electron chi connectivity index (χ3n) is 5.83. The molecule has 0 unspecified atom stereocenters. The van der Waals surface area contributed by atoms with E-state index in [0.29, 0.717) is 34.1 Å². The monoisotopic (exact) mass is 468 g/mol. The van der Waals surface area contributed by atoms with Gasteiger partial charge >= 0.3 is 0 Å². The van der Waals surface area contributed by atoms with Crippen LogP contribution in [0.15, 0.2) is 49.5 Å². The fourth-order valence-corrected chi connectivity index (χ4v) is 3.85. The van der Waals surface area contributed by atoms with Crippen molar-refractivity contribution in [3.8, 4) is 22.6 Å². The zero-order valence-corrected chi connectivity index (χ0v) is 19.3. The Balaban J connectivity index is 1.51. The molecule has 35 heavy (non-hydrogen) atoms. The Morgan fingerprint density at radius 2 is 1.97 bits per heavy atom. The first-order valence-corrected chi connectivity index (χ1v) is 11.2. The Kier molecular flexibility index (Phi) is 5.69. The summed E-state index contributed by atoms with van der Waals surface area (Å²) >= 11 is 0. The van der Waals surface area contributed by atoms with E-state index in [-0.39, 0.29) is 17.7 Å². The molecule has 4 heterocycles. The average molecular weight is 469 g/mol. The summed E-state index contributed by atoms with van der Waals surface area (Å²) in [7, 11) is 1.57. The summed E-state index contributed by atoms with van der Waals surface area (Å²) in [5, 5.41) is 13.6. The minimum absolute atomic E-state index is 0.0280. The first-order valence-electron chi connectivity index (χ1n) is 11.2. The molecule has 176 valence electrons. The maximum absolute atomic E-state index is 12.4. The third-order valence-corrected chi connectivity index (χ3v) is 5.83. The molecular weight excluding hydrogens is 444 g/mol. The van der Waals surface area contributed by atoms with Gasteiger partial charge in [-0.25, -0.2) is 9.97 Å². The van der Waals surface area contributed by atoms with Gasteiger partial charge in [0.2, 0.25) is 5.91 Å². The van der Waals surface area contributed by atoms with E-state index in [0.717, 1.165) is 35.0 Å². The van der Waals surface area contributed by atoms with Crippen molar-refractivity contribution in [2.24, 2.45) is 5.92 Å². The number of nitrogens with zero attached hydrogens (tertiary/aromatic N) is 4. The van der Waals surface area contributed by atoms with Crippen LogP contribution in [0, 0.1) is 12.8 Å². The summed E-state index contributed by atoms with van der Waals surface area (Å²) in [6.07, 6.45) is 10.1. The van der Waals surface area contributed by atoms with Crippen LogP contribution in [0.1, 0.15) is 24.2 Å². The van der Waals surface area contributed by atoms with Gasteiger partial charge in [0, 0.05) is 42.2 Å². The molecule has 0 atom stereocenters. The molecular formula is C25H24N8O2. The lowest BCUT2D eigenvalue weighted by atomic mass is 10.1. The second kappa shape index (κ2) is 8.98. The highest BCUT2D eigenvalue weighted by Crippen LogP contribution is 2.32. The Labute approximate surface area is 201 Å². The van der Waals surface area contributed by atoms with E-state index in [1.165, 1.54) is 0 Å². The molecule has 4 aromatic rings. The normalized spacial score (nSPS) is 13.6. The molecule has 4 N–H and O–H groups in total. The predicted molar refractivity (Wildman–Crippen MR) is 133 cm³/mol. The molecule has 4 aromatic heterocycles. The summed E-state index contributed by atoms with van der Waals surface area (Å²) in [6.45, 7) is 5.54. The van der Waals surface area contributed by atoms with Crippen molar-refractivity contribution in [1.29, 1.82) is 0 Å². The highest BCUT2D eigenvalue weighted by molar-refractivity contribution is 6.19. The number of amides is 2. The Morgan fingerprint density at radius 1 is 1.17 bits per heavy atom. The van der Waals surface area contributed by atoms with E-state index in [4.69, 9.17) is 0 Å². The number of fused-ring (bicyclic) bond motifs is 1. The number of anilines is 1. The number of hydrogen-bond donors (Lipinski definition) is 4. The van der Waals surface area contributed by atoms with Crippen LogP contribution in [0.2, 0.25) is 0 Å². The topological polar surface area (TPSA) is 141 Å². The number of nitrogens with one attached hydrogen (secondary N) is 4. The SMILES string of the molecule is C=C/C=C(/C(=O)NC)c1nc(-c2[nH]nc3ncc(-c4cncc(NC(=O)C5CC5)c4)cc23)[nH]c1C. The van der Waals surface area contributed by atoms with E-state index in [9.17, 15) is 9.59 Å². The molecule has 0 bridgehead atoms. The smallest absolute Gasteiger partial charge is 0.253 e. The molecule has 1 aliphatic carbocycles. The maximum atomic E-state index is 12.4. The predicted octanol–water partition coefficient (Wildman–Crippen LogP) is 3.38. The molecule has 1 aliphatic rings. The van der Waals surface area contributed by atoms with E-state index >= 15 is 0 Å². The highest BCUT2D eigenvalue weighted by atomic mass is 16.2. The van der Waals surface area contributed by atoms with Crippen LogP contribution in [-0.4, -0.2) is 49.0 Å². The molecule has 0 saturated heterocycles. The van der Waals surface area contributed by atoms with Gasteiger partial charge < -0.3 is 15.6 Å². The van der Waals surface area contributed by atoms with Crippen LogP contribution in [0.3, 0.4) is 0 Å². The van der Waals surface area contributed by atoms with Crippen LogP contribution >= 0.6 is 0 Å². The van der Waals surface area contributed by atoms with Gasteiger partial charge in [-0.05, 0) is 38.0 Å². The molecule has 5 rings (SSSR count). The molecule has 0 radical (unpaired) electrons. The third kappa shape index (κ3) is 4.33. The Bertz CT molecular complexity index is 1490. The van der Waals surface area contributed by atoms with Gasteiger partial charge in [0.05, 0.1) is 28.5 Å². The van der Waals surface area contributed by atoms with Crippen molar-refractivity contribution >= 4 is 34.1 Å². The Morgan fingerprint density at radius 3 is 2.71 bits per heavy atom. The Hall–Kier alpha value is -4.60. The number of allylic oxidation sites excluding steroid dienone is 2. The molecule has 1 fully saturated rings. The quantitative estimate of drug-likeness (QED) is 0.242. The molecule has 10 heteroatoms. The van der Waals surface area contributed by atoms with Crippen molar-refractivity contribution in [2.45, 2.75) is 19.8 Å². The fraction of sp³-hybridized carbons (Fsp3) is 0.200. The van der Waals surface area contributed by atoms with E-state index < -0.39 is 0 Å². The number of likely N-dealkylation sites (N-methyl/N-ethyl adjacent to an activating group) is 1. The summed E-state index contributed by atoms with van der Waals surface area (Å²) in [6, 6.07) is 3.82. The number of aromatic nitrogens is 6. The van der Waals surface area contributed by atoms with Crippen molar-refractivity contribution < 1.29 is 9.59 Å². The van der Waals surface area contributed by atoms with Gasteiger partial charge in [0.15, 0.2) is 11.5 Å². The number of hydrogen-bond acceptors (Lipinski definition) is 6. The van der Waals surface area contributed by atoms with Gasteiger partial charge in [-0.1, -0.05) is 12.7 Å². The van der Waals surface area contributed by atoms with Crippen LogP contribution < -0.4 is 10.6 Å². The van der Waals surface area contributed by atoms with Crippen molar-refractivity contribution in [2.75, 3.05) is 12.4 Å². The lowest BCUT2D eigenvalue weighted by Gasteiger charge is -2.06. The fourth-order valence-electron chi connectivity index (χ4n) is 3.85. The standard InChI is InChI=1S/C25H24N8O2/c1-4-5-18(25(35)26-3)20-13(2)29-23(31-20)21-19-9-16(11-28-22(19)33-32-21)15-8-17(12-27-10-15)30-24(34)14-6-7-14/h4-5,8-12,14H,1,6-7H2,2-3H3,(H,26,35)(H,29,31)(H,30,34)(H,28,32,33)/b18-5+. The van der Waals surface area contributed by atoms with Gasteiger partial charge in [0.1, 0.15) is 5.69 Å². The van der Waals surface area contributed by atoms with Crippen LogP contribution in [0.25, 0.3) is 39.3 Å². The van der Waals surface area contributed by atoms with Crippen molar-refractivity contribution in [3.63, 3.8) is 0 Å². The minimum atomic E-state index is -0.259. The minimum Gasteiger partial charge on any atom is -0.355 e. The maximum Gasteiger partial charge on any atom is 0.253 e. The lowest BCUT2D eigenvalue weighted by molar-refractivity contribution is -0.117. The largest absolute Gasteiger partial charge is 0.355 e. The molecule has 0 aliphatic heterocycles. The second-order valence-electron chi connectivity index (χ2n) is 8.37. The van der Waals surface area contributed by atoms with E-state index in [1.807, 2.05) is 19.1 Å². The second-order valence-corrected chi connectivity index (χ2v) is 8.37. The highest BCUT2D eigenvalue weighted by Gasteiger charge is 2.29. The summed E-state index contributed by atoms with van der Waals surface area (Å²) < 4.78 is 0. The number of rotatable bonds is 7. The zero-order chi connectivity index (χ0) is 24.5. The van der Waals surface area contributed by atoms with Crippen LogP contribution in [-0.2, 0) is 9.59 Å². The van der Waals surface area contributed by atoms with Crippen LogP contribution in [0.4, 0.5) is 5.69 Å². The number of aromatic amines is 2. The first-order chi connectivity index (χ1) is 17.0. The molecule has 0 aromatic carbocycles. The number of H-pyrrole nitrogens is 2. The summed E-state index contributed by atoms with van der Waals surface area (Å²) in [5.74, 6) is 0.407. The van der Waals surface area contributed by atoms with E-state index in [1.54, 1.807) is 37.8 Å². The molecule has 0 spiro atoms. The van der Waals surface area contributed by atoms with Crippen LogP contribution in [0.5, 0.6) is 0 Å². The average Bonchev–Trinajstić information content (AvgIpc) is 3.54. The zero-order valence-electron chi connectivity index (χ0n) is 19.3. The number of aryl methyl sites for hydroxylation is 1. The van der Waals surface area contributed by atoms with Gasteiger partial charge in [0.25, 0.3) is 5.91 Å². The van der Waals surface area contributed by atoms with Gasteiger partial charge in [-0.15, -0.1) is 0 Å². The van der Waals surface area contributed by atoms with E-state index in [2.05, 4.69) is 47.3 Å². The van der Waals surface area contributed by atoms with Gasteiger partial charge in [-0.2, -0.15) is 5.10 Å². The number of carbonyl (C=O) groups is 2. The number of imidazole rings is 1. The van der Waals surface area contributed by atoms with Crippen molar-refractivity contribution in [3.05, 3.63) is 60.8 Å². The molecule has 1 saturated carbocycles. The molecule has 2 amide bonds. The molecule has 10 nitrogen and oxygen atoms in total. The lowest BCUT2D eigenvalue weighted by Crippen LogP contribution is -2.19. The van der Waals surface area contributed by atoms with Gasteiger partial charge in [-0.3, -0.25) is 19.7 Å². The summed E-state index contributed by atoms with van der Waals surface area (Å²) in [5.41, 5.74) is 5.10.